The van der Waals surface area contributed by atoms with Crippen molar-refractivity contribution in [3.8, 4) is 0 Å². The van der Waals surface area contributed by atoms with Crippen molar-refractivity contribution < 1.29 is 0 Å². The van der Waals surface area contributed by atoms with Crippen molar-refractivity contribution in [1.82, 2.24) is 18.7 Å². The number of benzene rings is 1. The number of rotatable bonds is 3. The molecule has 4 rings (SSSR count). The van der Waals surface area contributed by atoms with E-state index in [1.807, 2.05) is 41.8 Å². The van der Waals surface area contributed by atoms with Crippen LogP contribution in [0.15, 0.2) is 45.0 Å². The van der Waals surface area contributed by atoms with Crippen molar-refractivity contribution in [2.45, 2.75) is 26.4 Å². The van der Waals surface area contributed by atoms with E-state index in [1.54, 1.807) is 19.1 Å². The number of hydrogen-bond acceptors (Lipinski definition) is 5. The Balaban J connectivity index is 1.86. The number of fused-ring (bicyclic) bond motifs is 3. The SMILES string of the molecule is CC1=NN(C)c2nc3c(c(=O)n(CCc4ccccc4)c(=O)n3C)n2C1. The van der Waals surface area contributed by atoms with Crippen LogP contribution in [0.5, 0.6) is 0 Å². The molecule has 0 atom stereocenters. The quantitative estimate of drug-likeness (QED) is 0.704. The third-order valence-electron chi connectivity index (χ3n) is 4.68. The highest BCUT2D eigenvalue weighted by Crippen LogP contribution is 2.22. The second-order valence-electron chi connectivity index (χ2n) is 6.56. The van der Waals surface area contributed by atoms with E-state index in [9.17, 15) is 9.59 Å². The van der Waals surface area contributed by atoms with Gasteiger partial charge in [0, 0.05) is 20.6 Å². The summed E-state index contributed by atoms with van der Waals surface area (Å²) in [6.07, 6.45) is 0.614. The molecule has 1 aromatic carbocycles. The zero-order valence-corrected chi connectivity index (χ0v) is 15.0. The standard InChI is InChI=1S/C18H20N6O2/c1-12-11-24-14-15(19-17(24)22(3)20-12)21(2)18(26)23(16(14)25)10-9-13-7-5-4-6-8-13/h4-8H,9-11H2,1-3H3. The van der Waals surface area contributed by atoms with Crippen LogP contribution in [0, 0.1) is 0 Å². The summed E-state index contributed by atoms with van der Waals surface area (Å²) in [4.78, 5) is 30.3. The lowest BCUT2D eigenvalue weighted by atomic mass is 10.1. The second kappa shape index (κ2) is 5.98. The molecular formula is C18H20N6O2. The fourth-order valence-electron chi connectivity index (χ4n) is 3.40. The van der Waals surface area contributed by atoms with Crippen LogP contribution in [0.4, 0.5) is 5.95 Å². The Labute approximate surface area is 149 Å². The molecule has 0 fully saturated rings. The number of hydrazone groups is 1. The van der Waals surface area contributed by atoms with E-state index in [4.69, 9.17) is 0 Å². The van der Waals surface area contributed by atoms with Crippen molar-refractivity contribution in [3.05, 3.63) is 56.7 Å². The van der Waals surface area contributed by atoms with Crippen molar-refractivity contribution in [2.75, 3.05) is 12.1 Å². The molecule has 0 saturated heterocycles. The first-order valence-electron chi connectivity index (χ1n) is 8.49. The van der Waals surface area contributed by atoms with Crippen LogP contribution >= 0.6 is 0 Å². The first-order chi connectivity index (χ1) is 12.5. The van der Waals surface area contributed by atoms with Crippen molar-refractivity contribution in [2.24, 2.45) is 12.1 Å². The smallest absolute Gasteiger partial charge is 0.297 e. The first-order valence-corrected chi connectivity index (χ1v) is 8.49. The highest BCUT2D eigenvalue weighted by Gasteiger charge is 2.24. The van der Waals surface area contributed by atoms with Crippen LogP contribution in [0.1, 0.15) is 12.5 Å². The van der Waals surface area contributed by atoms with Crippen LogP contribution in [0.3, 0.4) is 0 Å². The fraction of sp³-hybridized carbons (Fsp3) is 0.333. The molecule has 0 bridgehead atoms. The lowest BCUT2D eigenvalue weighted by Crippen LogP contribution is -2.40. The summed E-state index contributed by atoms with van der Waals surface area (Å²) < 4.78 is 4.57. The van der Waals surface area contributed by atoms with Crippen LogP contribution in [0.2, 0.25) is 0 Å². The highest BCUT2D eigenvalue weighted by atomic mass is 16.2. The van der Waals surface area contributed by atoms with Crippen LogP contribution in [0.25, 0.3) is 11.2 Å². The molecule has 0 aliphatic carbocycles. The van der Waals surface area contributed by atoms with E-state index < -0.39 is 0 Å². The van der Waals surface area contributed by atoms with Gasteiger partial charge >= 0.3 is 5.69 Å². The van der Waals surface area contributed by atoms with Crippen molar-refractivity contribution in [1.29, 1.82) is 0 Å². The van der Waals surface area contributed by atoms with Gasteiger partial charge in [0.2, 0.25) is 5.95 Å². The van der Waals surface area contributed by atoms with Gasteiger partial charge in [-0.05, 0) is 18.9 Å². The maximum atomic E-state index is 13.1. The molecule has 2 aromatic heterocycles. The summed E-state index contributed by atoms with van der Waals surface area (Å²) in [6.45, 7) is 2.72. The van der Waals surface area contributed by atoms with Gasteiger partial charge in [0.25, 0.3) is 5.56 Å². The van der Waals surface area contributed by atoms with Crippen molar-refractivity contribution in [3.63, 3.8) is 0 Å². The minimum absolute atomic E-state index is 0.305. The summed E-state index contributed by atoms with van der Waals surface area (Å²) in [5, 5.41) is 6.01. The lowest BCUT2D eigenvalue weighted by molar-refractivity contribution is 0.600. The largest absolute Gasteiger partial charge is 0.332 e. The molecule has 8 heteroatoms. The first kappa shape index (κ1) is 16.3. The van der Waals surface area contributed by atoms with Gasteiger partial charge < -0.3 is 0 Å². The molecule has 134 valence electrons. The molecule has 0 spiro atoms. The summed E-state index contributed by atoms with van der Waals surface area (Å²) in [5.74, 6) is 0.568. The molecule has 3 heterocycles. The highest BCUT2D eigenvalue weighted by molar-refractivity contribution is 5.87. The average molecular weight is 352 g/mol. The molecular weight excluding hydrogens is 332 g/mol. The van der Waals surface area contributed by atoms with E-state index >= 15 is 0 Å². The Kier molecular flexibility index (Phi) is 3.75. The summed E-state index contributed by atoms with van der Waals surface area (Å²) >= 11 is 0. The summed E-state index contributed by atoms with van der Waals surface area (Å²) in [6, 6.07) is 9.82. The molecule has 0 saturated carbocycles. The van der Waals surface area contributed by atoms with Crippen LogP contribution < -0.4 is 16.3 Å². The number of aryl methyl sites for hydroxylation is 2. The van der Waals surface area contributed by atoms with E-state index in [2.05, 4.69) is 10.1 Å². The molecule has 0 amide bonds. The zero-order valence-electron chi connectivity index (χ0n) is 15.0. The molecule has 8 nitrogen and oxygen atoms in total. The monoisotopic (exact) mass is 352 g/mol. The Morgan fingerprint density at radius 3 is 2.58 bits per heavy atom. The Hall–Kier alpha value is -3.16. The van der Waals surface area contributed by atoms with Gasteiger partial charge in [-0.2, -0.15) is 10.1 Å². The lowest BCUT2D eigenvalue weighted by Gasteiger charge is -2.20. The van der Waals surface area contributed by atoms with Gasteiger partial charge in [-0.15, -0.1) is 0 Å². The maximum Gasteiger partial charge on any atom is 0.332 e. The number of hydrogen-bond donors (Lipinski definition) is 0. The topological polar surface area (TPSA) is 77.4 Å². The molecule has 26 heavy (non-hydrogen) atoms. The Morgan fingerprint density at radius 2 is 1.85 bits per heavy atom. The third kappa shape index (κ3) is 2.45. The van der Waals surface area contributed by atoms with Crippen LogP contribution in [-0.4, -0.2) is 31.4 Å². The van der Waals surface area contributed by atoms with E-state index in [0.29, 0.717) is 36.6 Å². The fourth-order valence-corrected chi connectivity index (χ4v) is 3.40. The van der Waals surface area contributed by atoms with Gasteiger partial charge in [-0.1, -0.05) is 30.3 Å². The number of anilines is 1. The number of aromatic nitrogens is 4. The number of imidazole rings is 1. The zero-order chi connectivity index (χ0) is 18.4. The predicted molar refractivity (Wildman–Crippen MR) is 101 cm³/mol. The van der Waals surface area contributed by atoms with Crippen LogP contribution in [-0.2, 0) is 26.6 Å². The molecule has 3 aromatic rings. The van der Waals surface area contributed by atoms with E-state index in [-0.39, 0.29) is 11.2 Å². The molecule has 0 N–H and O–H groups in total. The molecule has 0 radical (unpaired) electrons. The van der Waals surface area contributed by atoms with E-state index in [0.717, 1.165) is 11.3 Å². The Morgan fingerprint density at radius 1 is 1.12 bits per heavy atom. The van der Waals surface area contributed by atoms with Gasteiger partial charge in [-0.3, -0.25) is 18.5 Å². The predicted octanol–water partition coefficient (Wildman–Crippen LogP) is 0.965. The van der Waals surface area contributed by atoms with Gasteiger partial charge in [-0.25, -0.2) is 9.80 Å². The molecule has 0 unspecified atom stereocenters. The van der Waals surface area contributed by atoms with Gasteiger partial charge in [0.05, 0.1) is 12.3 Å². The van der Waals surface area contributed by atoms with Gasteiger partial charge in [0.1, 0.15) is 0 Å². The van der Waals surface area contributed by atoms with E-state index in [1.165, 1.54) is 9.13 Å². The summed E-state index contributed by atoms with van der Waals surface area (Å²) in [5.41, 5.74) is 2.14. The third-order valence-corrected chi connectivity index (χ3v) is 4.68. The summed E-state index contributed by atoms with van der Waals surface area (Å²) in [7, 11) is 3.43. The van der Waals surface area contributed by atoms with Crippen molar-refractivity contribution >= 4 is 22.8 Å². The second-order valence-corrected chi connectivity index (χ2v) is 6.56. The Bertz CT molecular complexity index is 1140. The molecule has 1 aliphatic rings. The minimum Gasteiger partial charge on any atom is -0.297 e. The number of nitrogens with zero attached hydrogens (tertiary/aromatic N) is 6. The van der Waals surface area contributed by atoms with Gasteiger partial charge in [0.15, 0.2) is 11.2 Å². The minimum atomic E-state index is -0.353. The normalized spacial score (nSPS) is 13.8. The molecule has 1 aliphatic heterocycles. The average Bonchev–Trinajstić information content (AvgIpc) is 3.01. The maximum absolute atomic E-state index is 13.1.